The fourth-order valence-electron chi connectivity index (χ4n) is 2.11. The van der Waals surface area contributed by atoms with Gasteiger partial charge < -0.3 is 10.1 Å². The highest BCUT2D eigenvalue weighted by atomic mass is 79.9. The molecular formula is C17H19BrF2N4O3. The highest BCUT2D eigenvalue weighted by Crippen LogP contribution is 2.17. The van der Waals surface area contributed by atoms with Crippen LogP contribution < -0.4 is 11.0 Å². The number of carbonyl (C=O) groups excluding carboxylic acids is 1. The average molecular weight is 445 g/mol. The van der Waals surface area contributed by atoms with E-state index in [0.717, 1.165) is 15.6 Å². The quantitative estimate of drug-likeness (QED) is 0.766. The minimum Gasteiger partial charge on any atom is -0.444 e. The first kappa shape index (κ1) is 20.8. The van der Waals surface area contributed by atoms with Gasteiger partial charge in [-0.1, -0.05) is 15.9 Å². The van der Waals surface area contributed by atoms with Gasteiger partial charge in [0.25, 0.3) is 0 Å². The van der Waals surface area contributed by atoms with E-state index in [4.69, 9.17) is 4.74 Å². The molecule has 1 aromatic carbocycles. The number of hydrogen-bond acceptors (Lipinski definition) is 4. The fraction of sp³-hybridized carbons (Fsp3) is 0.353. The first-order valence-electron chi connectivity index (χ1n) is 7.95. The molecule has 146 valence electrons. The van der Waals surface area contributed by atoms with Gasteiger partial charge in [0.1, 0.15) is 17.7 Å². The molecule has 0 aliphatic heterocycles. The van der Waals surface area contributed by atoms with Crippen molar-refractivity contribution in [2.24, 2.45) is 0 Å². The standard InChI is InChI=1S/C17H19BrF2N4O3/c1-17(2,3)27-15(25)21-8-11(7-19)9-24-16(26)23(10-22-24)14-5-4-12(18)6-13(14)20/h4-7,10H,8-9H2,1-3H3,(H,21,25). The number of aromatic nitrogens is 3. The highest BCUT2D eigenvalue weighted by Gasteiger charge is 2.17. The Balaban J connectivity index is 2.10. The third-order valence-electron chi connectivity index (χ3n) is 3.27. The molecule has 0 bridgehead atoms. The van der Waals surface area contributed by atoms with Gasteiger partial charge in [0.15, 0.2) is 0 Å². The fourth-order valence-corrected chi connectivity index (χ4v) is 2.44. The molecule has 0 aliphatic rings. The van der Waals surface area contributed by atoms with E-state index in [9.17, 15) is 18.4 Å². The molecule has 0 aliphatic carbocycles. The molecule has 0 atom stereocenters. The molecule has 1 heterocycles. The Labute approximate surface area is 162 Å². The van der Waals surface area contributed by atoms with Crippen molar-refractivity contribution >= 4 is 22.0 Å². The van der Waals surface area contributed by atoms with E-state index in [1.807, 2.05) is 0 Å². The number of hydrogen-bond donors (Lipinski definition) is 1. The molecule has 0 saturated carbocycles. The van der Waals surface area contributed by atoms with Crippen LogP contribution in [0, 0.1) is 5.82 Å². The zero-order valence-corrected chi connectivity index (χ0v) is 16.6. The maximum Gasteiger partial charge on any atom is 0.407 e. The van der Waals surface area contributed by atoms with Gasteiger partial charge in [-0.2, -0.15) is 5.10 Å². The van der Waals surface area contributed by atoms with Crippen molar-refractivity contribution < 1.29 is 18.3 Å². The van der Waals surface area contributed by atoms with Gasteiger partial charge in [-0.25, -0.2) is 27.6 Å². The van der Waals surface area contributed by atoms with Gasteiger partial charge in [-0.05, 0) is 44.5 Å². The van der Waals surface area contributed by atoms with Gasteiger partial charge in [0.2, 0.25) is 0 Å². The largest absolute Gasteiger partial charge is 0.444 e. The Bertz CT molecular complexity index is 916. The molecule has 1 N–H and O–H groups in total. The summed E-state index contributed by atoms with van der Waals surface area (Å²) in [7, 11) is 0. The first-order valence-corrected chi connectivity index (χ1v) is 8.75. The van der Waals surface area contributed by atoms with E-state index in [0.29, 0.717) is 4.47 Å². The second kappa shape index (κ2) is 8.47. The summed E-state index contributed by atoms with van der Waals surface area (Å²) < 4.78 is 34.7. The molecule has 10 heteroatoms. The smallest absolute Gasteiger partial charge is 0.407 e. The number of benzene rings is 1. The lowest BCUT2D eigenvalue weighted by Crippen LogP contribution is -2.34. The number of alkyl carbamates (subject to hydrolysis) is 1. The predicted molar refractivity (Wildman–Crippen MR) is 98.9 cm³/mol. The predicted octanol–water partition coefficient (Wildman–Crippen LogP) is 3.31. The van der Waals surface area contributed by atoms with Crippen LogP contribution in [0.15, 0.2) is 45.7 Å². The summed E-state index contributed by atoms with van der Waals surface area (Å²) in [4.78, 5) is 24.0. The summed E-state index contributed by atoms with van der Waals surface area (Å²) in [5.41, 5.74) is -1.22. The zero-order valence-electron chi connectivity index (χ0n) is 15.0. The van der Waals surface area contributed by atoms with Crippen molar-refractivity contribution in [3.63, 3.8) is 0 Å². The normalized spacial score (nSPS) is 12.1. The summed E-state index contributed by atoms with van der Waals surface area (Å²) in [5, 5.41) is 6.27. The topological polar surface area (TPSA) is 78.2 Å². The van der Waals surface area contributed by atoms with Gasteiger partial charge in [0, 0.05) is 11.0 Å². The lowest BCUT2D eigenvalue weighted by molar-refractivity contribution is 0.0532. The van der Waals surface area contributed by atoms with Crippen molar-refractivity contribution in [3.8, 4) is 5.69 Å². The minimum absolute atomic E-state index is 0.0205. The summed E-state index contributed by atoms with van der Waals surface area (Å²) in [6, 6.07) is 4.22. The second-order valence-electron chi connectivity index (χ2n) is 6.66. The van der Waals surface area contributed by atoms with E-state index in [2.05, 4.69) is 26.3 Å². The molecule has 7 nitrogen and oxygen atoms in total. The Hall–Kier alpha value is -2.49. The van der Waals surface area contributed by atoms with Crippen LogP contribution in [0.2, 0.25) is 0 Å². The van der Waals surface area contributed by atoms with Crippen LogP contribution in [0.3, 0.4) is 0 Å². The van der Waals surface area contributed by atoms with Crippen molar-refractivity contribution in [3.05, 3.63) is 57.2 Å². The number of ether oxygens (including phenoxy) is 1. The van der Waals surface area contributed by atoms with Crippen LogP contribution in [0.4, 0.5) is 13.6 Å². The Morgan fingerprint density at radius 1 is 1.41 bits per heavy atom. The molecule has 0 spiro atoms. The number of amides is 1. The molecule has 0 unspecified atom stereocenters. The summed E-state index contributed by atoms with van der Waals surface area (Å²) >= 11 is 3.14. The van der Waals surface area contributed by atoms with Crippen molar-refractivity contribution in [2.45, 2.75) is 32.9 Å². The summed E-state index contributed by atoms with van der Waals surface area (Å²) in [6.45, 7) is 4.72. The minimum atomic E-state index is -0.711. The maximum atomic E-state index is 14.0. The Morgan fingerprint density at radius 3 is 2.70 bits per heavy atom. The SMILES string of the molecule is CC(C)(C)OC(=O)NCC(=CF)Cn1ncn(-c2ccc(Br)cc2F)c1=O. The van der Waals surface area contributed by atoms with E-state index >= 15 is 0 Å². The van der Waals surface area contributed by atoms with Crippen LogP contribution >= 0.6 is 15.9 Å². The summed E-state index contributed by atoms with van der Waals surface area (Å²) in [6.07, 6.45) is 0.714. The molecule has 2 aromatic rings. The van der Waals surface area contributed by atoms with Gasteiger partial charge in [-0.15, -0.1) is 0 Å². The highest BCUT2D eigenvalue weighted by molar-refractivity contribution is 9.10. The molecule has 0 fully saturated rings. The third kappa shape index (κ3) is 5.75. The van der Waals surface area contributed by atoms with E-state index in [-0.39, 0.29) is 30.7 Å². The first-order chi connectivity index (χ1) is 12.6. The van der Waals surface area contributed by atoms with Gasteiger partial charge in [0.05, 0.1) is 18.6 Å². The molecule has 0 saturated heterocycles. The molecule has 1 amide bonds. The maximum absolute atomic E-state index is 14.0. The number of halogens is 3. The van der Waals surface area contributed by atoms with Crippen LogP contribution in [0.1, 0.15) is 20.8 Å². The van der Waals surface area contributed by atoms with Crippen molar-refractivity contribution in [1.29, 1.82) is 0 Å². The van der Waals surface area contributed by atoms with Crippen LogP contribution in [0.25, 0.3) is 5.69 Å². The number of nitrogens with one attached hydrogen (secondary N) is 1. The third-order valence-corrected chi connectivity index (χ3v) is 3.76. The zero-order chi connectivity index (χ0) is 20.2. The molecule has 0 radical (unpaired) electrons. The van der Waals surface area contributed by atoms with E-state index < -0.39 is 23.2 Å². The second-order valence-corrected chi connectivity index (χ2v) is 7.58. The van der Waals surface area contributed by atoms with Gasteiger partial charge in [-0.3, -0.25) is 0 Å². The van der Waals surface area contributed by atoms with E-state index in [1.165, 1.54) is 12.1 Å². The van der Waals surface area contributed by atoms with Crippen LogP contribution in [-0.4, -0.2) is 32.6 Å². The molecular weight excluding hydrogens is 426 g/mol. The van der Waals surface area contributed by atoms with Crippen LogP contribution in [0.5, 0.6) is 0 Å². The number of carbonyl (C=O) groups is 1. The molecule has 27 heavy (non-hydrogen) atoms. The average Bonchev–Trinajstić information content (AvgIpc) is 2.90. The number of rotatable bonds is 5. The Kier molecular flexibility index (Phi) is 6.53. The lowest BCUT2D eigenvalue weighted by atomic mass is 10.2. The summed E-state index contributed by atoms with van der Waals surface area (Å²) in [5.74, 6) is -0.612. The number of nitrogens with zero attached hydrogens (tertiary/aromatic N) is 3. The molecule has 2 rings (SSSR count). The van der Waals surface area contributed by atoms with Crippen LogP contribution in [-0.2, 0) is 11.3 Å². The van der Waals surface area contributed by atoms with Crippen molar-refractivity contribution in [1.82, 2.24) is 19.7 Å². The van der Waals surface area contributed by atoms with Gasteiger partial charge >= 0.3 is 11.8 Å². The Morgan fingerprint density at radius 2 is 2.11 bits per heavy atom. The van der Waals surface area contributed by atoms with Crippen molar-refractivity contribution in [2.75, 3.05) is 6.54 Å². The van der Waals surface area contributed by atoms with E-state index in [1.54, 1.807) is 26.8 Å². The lowest BCUT2D eigenvalue weighted by Gasteiger charge is -2.19. The molecule has 1 aromatic heterocycles. The monoisotopic (exact) mass is 444 g/mol.